The molecule has 1 N–H and O–H groups in total. The Kier molecular flexibility index (Phi) is 3.06. The van der Waals surface area contributed by atoms with Crippen LogP contribution in [0, 0.1) is 5.41 Å². The Labute approximate surface area is 110 Å². The van der Waals surface area contributed by atoms with E-state index in [0.29, 0.717) is 5.41 Å². The Morgan fingerprint density at radius 1 is 1.33 bits per heavy atom. The Morgan fingerprint density at radius 2 is 2.17 bits per heavy atom. The molecule has 98 valence electrons. The molecule has 1 heterocycles. The highest BCUT2D eigenvalue weighted by molar-refractivity contribution is 5.58. The first kappa shape index (κ1) is 12.0. The molecule has 0 bridgehead atoms. The summed E-state index contributed by atoms with van der Waals surface area (Å²) in [5.41, 5.74) is 5.08. The molecule has 1 aromatic carbocycles. The lowest BCUT2D eigenvalue weighted by Gasteiger charge is -2.42. The summed E-state index contributed by atoms with van der Waals surface area (Å²) in [5.74, 6) is 0. The highest BCUT2D eigenvalue weighted by atomic mass is 15.1. The summed E-state index contributed by atoms with van der Waals surface area (Å²) in [6.45, 7) is 2.35. The number of anilines is 1. The number of nitrogens with zero attached hydrogens (tertiary/aromatic N) is 1. The molecule has 1 aliphatic carbocycles. The molecule has 2 heteroatoms. The monoisotopic (exact) mass is 244 g/mol. The zero-order valence-electron chi connectivity index (χ0n) is 11.6. The third kappa shape index (κ3) is 2.03. The molecule has 18 heavy (non-hydrogen) atoms. The molecule has 0 atom stereocenters. The number of fused-ring (bicyclic) bond motifs is 1. The summed E-state index contributed by atoms with van der Waals surface area (Å²) in [4.78, 5) is 2.37. The van der Waals surface area contributed by atoms with Crippen LogP contribution in [-0.4, -0.2) is 27.2 Å². The van der Waals surface area contributed by atoms with E-state index in [-0.39, 0.29) is 0 Å². The maximum Gasteiger partial charge on any atom is 0.0397 e. The van der Waals surface area contributed by atoms with Gasteiger partial charge in [-0.05, 0) is 55.3 Å². The van der Waals surface area contributed by atoms with E-state index in [1.807, 2.05) is 0 Å². The summed E-state index contributed by atoms with van der Waals surface area (Å²) >= 11 is 0. The van der Waals surface area contributed by atoms with Crippen LogP contribution >= 0.6 is 0 Å². The average Bonchev–Trinajstić information content (AvgIpc) is 2.68. The first-order chi connectivity index (χ1) is 8.72. The van der Waals surface area contributed by atoms with Crippen molar-refractivity contribution in [1.29, 1.82) is 0 Å². The van der Waals surface area contributed by atoms with E-state index in [2.05, 4.69) is 42.5 Å². The van der Waals surface area contributed by atoms with E-state index in [0.717, 1.165) is 0 Å². The van der Waals surface area contributed by atoms with Crippen LogP contribution in [0.25, 0.3) is 0 Å². The highest BCUT2D eigenvalue weighted by Crippen LogP contribution is 2.43. The van der Waals surface area contributed by atoms with Gasteiger partial charge in [-0.15, -0.1) is 0 Å². The molecule has 0 spiro atoms. The van der Waals surface area contributed by atoms with E-state index in [9.17, 15) is 0 Å². The van der Waals surface area contributed by atoms with Gasteiger partial charge in [0.2, 0.25) is 0 Å². The minimum absolute atomic E-state index is 0.549. The predicted molar refractivity (Wildman–Crippen MR) is 77.3 cm³/mol. The van der Waals surface area contributed by atoms with Crippen LogP contribution in [0.3, 0.4) is 0 Å². The van der Waals surface area contributed by atoms with Crippen molar-refractivity contribution in [2.45, 2.75) is 32.1 Å². The second-order valence-electron chi connectivity index (χ2n) is 6.20. The third-order valence-electron chi connectivity index (χ3n) is 4.82. The third-order valence-corrected chi connectivity index (χ3v) is 4.82. The van der Waals surface area contributed by atoms with Gasteiger partial charge in [0.1, 0.15) is 0 Å². The van der Waals surface area contributed by atoms with Crippen molar-refractivity contribution in [3.63, 3.8) is 0 Å². The zero-order chi connectivity index (χ0) is 12.6. The van der Waals surface area contributed by atoms with E-state index in [4.69, 9.17) is 0 Å². The minimum Gasteiger partial charge on any atom is -0.374 e. The molecule has 2 nitrogen and oxygen atoms in total. The molecule has 1 aromatic rings. The zero-order valence-corrected chi connectivity index (χ0v) is 11.6. The summed E-state index contributed by atoms with van der Waals surface area (Å²) < 4.78 is 0. The summed E-state index contributed by atoms with van der Waals surface area (Å²) in [6, 6.07) is 7.12. The first-order valence-corrected chi connectivity index (χ1v) is 7.20. The van der Waals surface area contributed by atoms with Gasteiger partial charge in [0, 0.05) is 25.8 Å². The average molecular weight is 244 g/mol. The maximum absolute atomic E-state index is 3.38. The molecule has 0 radical (unpaired) electrons. The van der Waals surface area contributed by atoms with Gasteiger partial charge in [0.15, 0.2) is 0 Å². The highest BCUT2D eigenvalue weighted by Gasteiger charge is 2.36. The molecule has 0 unspecified atom stereocenters. The van der Waals surface area contributed by atoms with Gasteiger partial charge in [-0.3, -0.25) is 0 Å². The lowest BCUT2D eigenvalue weighted by molar-refractivity contribution is 0.133. The molecular weight excluding hydrogens is 220 g/mol. The van der Waals surface area contributed by atoms with Gasteiger partial charge in [0.25, 0.3) is 0 Å². The predicted octanol–water partition coefficient (Wildman–Crippen LogP) is 2.61. The number of likely N-dealkylation sites (N-methyl/N-ethyl adjacent to an activating group) is 1. The second-order valence-corrected chi connectivity index (χ2v) is 6.20. The number of rotatable bonds is 4. The fourth-order valence-corrected chi connectivity index (χ4v) is 3.63. The maximum atomic E-state index is 3.38. The van der Waals surface area contributed by atoms with Crippen molar-refractivity contribution in [1.82, 2.24) is 5.32 Å². The molecule has 0 saturated heterocycles. The van der Waals surface area contributed by atoms with Crippen LogP contribution in [0.5, 0.6) is 0 Å². The quantitative estimate of drug-likeness (QED) is 0.876. The van der Waals surface area contributed by atoms with E-state index >= 15 is 0 Å². The largest absolute Gasteiger partial charge is 0.374 e. The van der Waals surface area contributed by atoms with Gasteiger partial charge in [-0.2, -0.15) is 0 Å². The molecule has 0 aromatic heterocycles. The Morgan fingerprint density at radius 3 is 2.83 bits per heavy atom. The van der Waals surface area contributed by atoms with Crippen molar-refractivity contribution < 1.29 is 0 Å². The fourth-order valence-electron chi connectivity index (χ4n) is 3.63. The van der Waals surface area contributed by atoms with Crippen molar-refractivity contribution in [2.75, 3.05) is 32.1 Å². The van der Waals surface area contributed by atoms with Crippen molar-refractivity contribution in [2.24, 2.45) is 5.41 Å². The van der Waals surface area contributed by atoms with Gasteiger partial charge < -0.3 is 10.2 Å². The summed E-state index contributed by atoms with van der Waals surface area (Å²) in [5, 5.41) is 3.38. The molecule has 0 amide bonds. The van der Waals surface area contributed by atoms with Crippen LogP contribution in [0.2, 0.25) is 0 Å². The van der Waals surface area contributed by atoms with Gasteiger partial charge in [0.05, 0.1) is 0 Å². The van der Waals surface area contributed by atoms with E-state index in [1.165, 1.54) is 50.9 Å². The lowest BCUT2D eigenvalue weighted by atomic mass is 9.65. The van der Waals surface area contributed by atoms with Crippen molar-refractivity contribution >= 4 is 5.69 Å². The van der Waals surface area contributed by atoms with E-state index < -0.39 is 0 Å². The van der Waals surface area contributed by atoms with Crippen LogP contribution < -0.4 is 10.2 Å². The topological polar surface area (TPSA) is 15.3 Å². The Balaban J connectivity index is 1.77. The minimum atomic E-state index is 0.549. The molecule has 2 aliphatic rings. The molecule has 1 fully saturated rings. The molecule has 1 aliphatic heterocycles. The second kappa shape index (κ2) is 4.58. The molecule has 3 rings (SSSR count). The number of nitrogens with one attached hydrogen (secondary N) is 1. The molecular formula is C16H24N2. The van der Waals surface area contributed by atoms with Crippen LogP contribution in [0.15, 0.2) is 18.2 Å². The van der Waals surface area contributed by atoms with Crippen LogP contribution in [0.1, 0.15) is 30.4 Å². The summed E-state index contributed by atoms with van der Waals surface area (Å²) in [6.07, 6.45) is 6.68. The number of benzene rings is 1. The summed E-state index contributed by atoms with van der Waals surface area (Å²) in [7, 11) is 4.28. The SMILES string of the molecule is CNCC1(Cc2ccc3c(c2)CCN3C)CCC1. The van der Waals surface area contributed by atoms with Gasteiger partial charge in [-0.25, -0.2) is 0 Å². The standard InChI is InChI=1S/C16H24N2/c1-17-12-16(7-3-8-16)11-13-4-5-15-14(10-13)6-9-18(15)2/h4-5,10,17H,3,6-9,11-12H2,1-2H3. The van der Waals surface area contributed by atoms with Crippen LogP contribution in [0.4, 0.5) is 5.69 Å². The number of hydrogen-bond donors (Lipinski definition) is 1. The van der Waals surface area contributed by atoms with Gasteiger partial charge >= 0.3 is 0 Å². The Hall–Kier alpha value is -1.02. The van der Waals surface area contributed by atoms with E-state index in [1.54, 1.807) is 11.1 Å². The van der Waals surface area contributed by atoms with Gasteiger partial charge in [-0.1, -0.05) is 18.6 Å². The fraction of sp³-hybridized carbons (Fsp3) is 0.625. The van der Waals surface area contributed by atoms with Crippen molar-refractivity contribution in [3.05, 3.63) is 29.3 Å². The smallest absolute Gasteiger partial charge is 0.0397 e. The lowest BCUT2D eigenvalue weighted by Crippen LogP contribution is -2.40. The van der Waals surface area contributed by atoms with Crippen LogP contribution in [-0.2, 0) is 12.8 Å². The van der Waals surface area contributed by atoms with Crippen molar-refractivity contribution in [3.8, 4) is 0 Å². The number of hydrogen-bond acceptors (Lipinski definition) is 2. The molecule has 1 saturated carbocycles. The Bertz CT molecular complexity index is 435. The first-order valence-electron chi connectivity index (χ1n) is 7.20. The normalized spacial score (nSPS) is 20.7.